The lowest BCUT2D eigenvalue weighted by atomic mass is 10.1. The van der Waals surface area contributed by atoms with Crippen LogP contribution in [0.1, 0.15) is 40.4 Å². The fourth-order valence-electron chi connectivity index (χ4n) is 5.07. The molecule has 1 amide bonds. The van der Waals surface area contributed by atoms with Gasteiger partial charge in [0.15, 0.2) is 5.65 Å². The number of aromatic nitrogens is 5. The van der Waals surface area contributed by atoms with Crippen LogP contribution in [0.15, 0.2) is 71.8 Å². The molecule has 0 spiro atoms. The zero-order chi connectivity index (χ0) is 28.3. The van der Waals surface area contributed by atoms with Gasteiger partial charge in [-0.25, -0.2) is 14.5 Å². The van der Waals surface area contributed by atoms with Crippen LogP contribution in [0.4, 0.5) is 0 Å². The summed E-state index contributed by atoms with van der Waals surface area (Å²) in [6, 6.07) is 15.9. The lowest BCUT2D eigenvalue weighted by Crippen LogP contribution is -2.36. The molecule has 1 aliphatic rings. The number of hydrogen-bond acceptors (Lipinski definition) is 7. The summed E-state index contributed by atoms with van der Waals surface area (Å²) in [6.07, 6.45) is 3.37. The molecule has 0 saturated carbocycles. The van der Waals surface area contributed by atoms with E-state index in [0.717, 1.165) is 13.1 Å². The molecule has 10 heteroatoms. The van der Waals surface area contributed by atoms with Gasteiger partial charge >= 0.3 is 0 Å². The number of fused-ring (bicyclic) bond motifs is 2. The maximum atomic E-state index is 14.2. The number of morpholine rings is 1. The summed E-state index contributed by atoms with van der Waals surface area (Å²) in [7, 11) is 0. The van der Waals surface area contributed by atoms with E-state index in [1.807, 2.05) is 49.4 Å². The number of aryl methyl sites for hydroxylation is 1. The van der Waals surface area contributed by atoms with Crippen LogP contribution in [-0.4, -0.2) is 67.8 Å². The van der Waals surface area contributed by atoms with Gasteiger partial charge in [0.05, 0.1) is 48.1 Å². The largest absolute Gasteiger partial charge is 0.379 e. The van der Waals surface area contributed by atoms with Gasteiger partial charge in [-0.3, -0.25) is 19.1 Å². The van der Waals surface area contributed by atoms with Crippen LogP contribution in [-0.2, 0) is 4.74 Å². The van der Waals surface area contributed by atoms with Crippen molar-refractivity contribution in [2.75, 3.05) is 32.8 Å². The zero-order valence-corrected chi connectivity index (χ0v) is 22.9. The highest BCUT2D eigenvalue weighted by Crippen LogP contribution is 2.21. The molecule has 3 aromatic heterocycles. The van der Waals surface area contributed by atoms with Gasteiger partial charge in [0, 0.05) is 31.0 Å². The lowest BCUT2D eigenvalue weighted by molar-refractivity contribution is 0.0443. The molecule has 1 N–H and O–H groups in total. The van der Waals surface area contributed by atoms with Gasteiger partial charge < -0.3 is 10.1 Å². The smallest absolute Gasteiger partial charge is 0.267 e. The van der Waals surface area contributed by atoms with Gasteiger partial charge in [0.1, 0.15) is 11.4 Å². The molecule has 4 heterocycles. The zero-order valence-electron chi connectivity index (χ0n) is 22.9. The standard InChI is InChI=1S/C31H29N7O3/c1-21-26(29-32-14-8-16-37(29)35-21)30(39)33-22(2)28-34-25-13-6-9-23(10-7-15-36-17-19-41-20-18-36)27(25)31(40)38(28)24-11-4-3-5-12-24/h3-6,8-9,11-14,16,22H,15,17-20H2,1-2H3,(H,33,39). The van der Waals surface area contributed by atoms with Gasteiger partial charge in [-0.05, 0) is 44.2 Å². The Hall–Kier alpha value is -4.85. The normalized spacial score (nSPS) is 14.5. The molecule has 5 aromatic rings. The number of nitrogens with zero attached hydrogens (tertiary/aromatic N) is 6. The molecule has 1 saturated heterocycles. The van der Waals surface area contributed by atoms with E-state index in [1.165, 1.54) is 0 Å². The first-order valence-electron chi connectivity index (χ1n) is 13.5. The number of benzene rings is 2. The number of nitrogens with one attached hydrogen (secondary N) is 1. The summed E-state index contributed by atoms with van der Waals surface area (Å²) in [5.41, 5.74) is 2.93. The second-order valence-corrected chi connectivity index (χ2v) is 9.88. The highest BCUT2D eigenvalue weighted by Gasteiger charge is 2.24. The van der Waals surface area contributed by atoms with Crippen molar-refractivity contribution >= 4 is 22.5 Å². The SMILES string of the molecule is Cc1nn2cccnc2c1C(=O)NC(C)c1nc2cccc(C#CCN3CCOCC3)c2c(=O)n1-c1ccccc1. The Balaban J connectivity index is 1.41. The van der Waals surface area contributed by atoms with Crippen LogP contribution in [0.3, 0.4) is 0 Å². The quantitative estimate of drug-likeness (QED) is 0.337. The number of carbonyl (C=O) groups excluding carboxylic acids is 1. The summed E-state index contributed by atoms with van der Waals surface area (Å²) in [4.78, 5) is 39.1. The van der Waals surface area contributed by atoms with Crippen molar-refractivity contribution in [3.63, 3.8) is 0 Å². The lowest BCUT2D eigenvalue weighted by Gasteiger charge is -2.24. The third-order valence-corrected chi connectivity index (χ3v) is 7.10. The Morgan fingerprint density at radius 1 is 1.10 bits per heavy atom. The summed E-state index contributed by atoms with van der Waals surface area (Å²) in [6.45, 7) is 7.25. The first kappa shape index (κ1) is 26.4. The Bertz CT molecular complexity index is 1860. The van der Waals surface area contributed by atoms with E-state index < -0.39 is 6.04 Å². The van der Waals surface area contributed by atoms with E-state index in [-0.39, 0.29) is 11.5 Å². The highest BCUT2D eigenvalue weighted by molar-refractivity contribution is 6.01. The summed E-state index contributed by atoms with van der Waals surface area (Å²) in [5, 5.41) is 7.86. The highest BCUT2D eigenvalue weighted by atomic mass is 16.5. The van der Waals surface area contributed by atoms with E-state index in [9.17, 15) is 9.59 Å². The Morgan fingerprint density at radius 3 is 2.71 bits per heavy atom. The molecule has 1 fully saturated rings. The third kappa shape index (κ3) is 5.20. The molecule has 0 bridgehead atoms. The molecule has 1 atom stereocenters. The predicted molar refractivity (Wildman–Crippen MR) is 155 cm³/mol. The molecule has 206 valence electrons. The first-order valence-corrected chi connectivity index (χ1v) is 13.5. The topological polar surface area (TPSA) is 107 Å². The van der Waals surface area contributed by atoms with E-state index in [1.54, 1.807) is 40.5 Å². The van der Waals surface area contributed by atoms with Crippen molar-refractivity contribution in [2.45, 2.75) is 19.9 Å². The molecular formula is C31H29N7O3. The fourth-order valence-corrected chi connectivity index (χ4v) is 5.07. The van der Waals surface area contributed by atoms with Crippen molar-refractivity contribution in [3.8, 4) is 17.5 Å². The molecule has 2 aromatic carbocycles. The van der Waals surface area contributed by atoms with Gasteiger partial charge in [-0.2, -0.15) is 5.10 Å². The molecule has 10 nitrogen and oxygen atoms in total. The van der Waals surface area contributed by atoms with Crippen molar-refractivity contribution in [2.24, 2.45) is 0 Å². The number of amides is 1. The average molecular weight is 548 g/mol. The van der Waals surface area contributed by atoms with E-state index in [0.29, 0.717) is 64.6 Å². The Labute approximate surface area is 236 Å². The van der Waals surface area contributed by atoms with Crippen molar-refractivity contribution in [3.05, 3.63) is 100.0 Å². The molecule has 0 aliphatic carbocycles. The third-order valence-electron chi connectivity index (χ3n) is 7.10. The predicted octanol–water partition coefficient (Wildman–Crippen LogP) is 2.91. The van der Waals surface area contributed by atoms with Gasteiger partial charge in [-0.15, -0.1) is 0 Å². The molecule has 0 radical (unpaired) electrons. The van der Waals surface area contributed by atoms with Gasteiger partial charge in [-0.1, -0.05) is 36.1 Å². The van der Waals surface area contributed by atoms with Crippen LogP contribution in [0.5, 0.6) is 0 Å². The van der Waals surface area contributed by atoms with Crippen molar-refractivity contribution in [1.29, 1.82) is 0 Å². The van der Waals surface area contributed by atoms with Crippen LogP contribution in [0.2, 0.25) is 0 Å². The number of para-hydroxylation sites is 1. The van der Waals surface area contributed by atoms with E-state index >= 15 is 0 Å². The molecule has 41 heavy (non-hydrogen) atoms. The monoisotopic (exact) mass is 547 g/mol. The first-order chi connectivity index (χ1) is 20.0. The molecular weight excluding hydrogens is 518 g/mol. The van der Waals surface area contributed by atoms with Crippen LogP contribution in [0.25, 0.3) is 22.2 Å². The second kappa shape index (κ2) is 11.3. The van der Waals surface area contributed by atoms with Crippen LogP contribution >= 0.6 is 0 Å². The number of hydrogen-bond donors (Lipinski definition) is 1. The van der Waals surface area contributed by atoms with Crippen LogP contribution in [0, 0.1) is 18.8 Å². The number of carbonyl (C=O) groups is 1. The number of rotatable bonds is 5. The van der Waals surface area contributed by atoms with Gasteiger partial charge in [0.25, 0.3) is 11.5 Å². The average Bonchev–Trinajstić information content (AvgIpc) is 3.33. The molecule has 1 unspecified atom stereocenters. The minimum absolute atomic E-state index is 0.248. The summed E-state index contributed by atoms with van der Waals surface area (Å²) >= 11 is 0. The Morgan fingerprint density at radius 2 is 1.90 bits per heavy atom. The van der Waals surface area contributed by atoms with E-state index in [2.05, 4.69) is 32.1 Å². The minimum Gasteiger partial charge on any atom is -0.379 e. The fraction of sp³-hybridized carbons (Fsp3) is 0.258. The summed E-state index contributed by atoms with van der Waals surface area (Å²) in [5.74, 6) is 6.49. The maximum Gasteiger partial charge on any atom is 0.267 e. The maximum absolute atomic E-state index is 14.2. The molecule has 1 aliphatic heterocycles. The van der Waals surface area contributed by atoms with E-state index in [4.69, 9.17) is 9.72 Å². The van der Waals surface area contributed by atoms with Gasteiger partial charge in [0.2, 0.25) is 0 Å². The minimum atomic E-state index is -0.617. The summed E-state index contributed by atoms with van der Waals surface area (Å²) < 4.78 is 8.55. The molecule has 6 rings (SSSR count). The van der Waals surface area contributed by atoms with Crippen LogP contribution < -0.4 is 10.9 Å². The Kier molecular flexibility index (Phi) is 7.29. The van der Waals surface area contributed by atoms with Crippen molar-refractivity contribution in [1.82, 2.24) is 34.4 Å². The number of ether oxygens (including phenoxy) is 1. The van der Waals surface area contributed by atoms with Crippen molar-refractivity contribution < 1.29 is 9.53 Å². The second-order valence-electron chi connectivity index (χ2n) is 9.88.